The quantitative estimate of drug-likeness (QED) is 0.919. The zero-order chi connectivity index (χ0) is 14.5. The van der Waals surface area contributed by atoms with Gasteiger partial charge < -0.3 is 10.0 Å². The number of carboxylic acids is 1. The van der Waals surface area contributed by atoms with Gasteiger partial charge in [0.25, 0.3) is 0 Å². The maximum Gasteiger partial charge on any atom is 0.335 e. The van der Waals surface area contributed by atoms with Crippen LogP contribution >= 0.6 is 11.6 Å². The topological polar surface area (TPSA) is 53.4 Å². The Morgan fingerprint density at radius 2 is 2.15 bits per heavy atom. The Labute approximate surface area is 122 Å². The second kappa shape index (κ2) is 6.39. The molecule has 0 aliphatic rings. The molecule has 0 atom stereocenters. The van der Waals surface area contributed by atoms with Crippen LogP contribution in [0.2, 0.25) is 5.02 Å². The summed E-state index contributed by atoms with van der Waals surface area (Å²) in [6, 6.07) is 10.6. The van der Waals surface area contributed by atoms with Crippen LogP contribution in [0.15, 0.2) is 42.6 Å². The lowest BCUT2D eigenvalue weighted by Gasteiger charge is -2.20. The summed E-state index contributed by atoms with van der Waals surface area (Å²) in [5.41, 5.74) is 2.02. The number of rotatable bonds is 5. The van der Waals surface area contributed by atoms with E-state index in [-0.39, 0.29) is 5.56 Å². The Kier molecular flexibility index (Phi) is 4.58. The predicted molar refractivity (Wildman–Crippen MR) is 79.6 cm³/mol. The fraction of sp³-hybridized carbons (Fsp3) is 0.200. The number of hydrogen-bond acceptors (Lipinski definition) is 3. The fourth-order valence-electron chi connectivity index (χ4n) is 1.90. The fourth-order valence-corrected chi connectivity index (χ4v) is 2.22. The lowest BCUT2D eigenvalue weighted by molar-refractivity contribution is 0.0697. The highest BCUT2D eigenvalue weighted by Gasteiger charge is 2.10. The number of carboxylic acid groups (broad SMARTS) is 1. The van der Waals surface area contributed by atoms with E-state index in [0.717, 1.165) is 24.3 Å². The third-order valence-electron chi connectivity index (χ3n) is 3.04. The molecule has 0 fully saturated rings. The molecule has 5 heteroatoms. The number of pyridine rings is 1. The van der Waals surface area contributed by atoms with Crippen molar-refractivity contribution in [3.63, 3.8) is 0 Å². The summed E-state index contributed by atoms with van der Waals surface area (Å²) in [7, 11) is 1.92. The van der Waals surface area contributed by atoms with E-state index in [4.69, 9.17) is 16.7 Å². The second-order valence-electron chi connectivity index (χ2n) is 4.46. The number of aromatic carboxylic acids is 1. The van der Waals surface area contributed by atoms with E-state index >= 15 is 0 Å². The van der Waals surface area contributed by atoms with E-state index in [1.54, 1.807) is 18.3 Å². The van der Waals surface area contributed by atoms with Gasteiger partial charge in [0, 0.05) is 31.9 Å². The van der Waals surface area contributed by atoms with Gasteiger partial charge in [0.05, 0.1) is 16.3 Å². The van der Waals surface area contributed by atoms with Crippen molar-refractivity contribution in [3.05, 3.63) is 58.9 Å². The molecule has 1 aromatic carbocycles. The summed E-state index contributed by atoms with van der Waals surface area (Å²) in [5, 5.41) is 9.35. The van der Waals surface area contributed by atoms with Crippen molar-refractivity contribution < 1.29 is 9.90 Å². The van der Waals surface area contributed by atoms with Crippen LogP contribution in [0, 0.1) is 0 Å². The minimum absolute atomic E-state index is 0.192. The van der Waals surface area contributed by atoms with Gasteiger partial charge in [0.2, 0.25) is 0 Å². The van der Waals surface area contributed by atoms with Crippen LogP contribution in [0.3, 0.4) is 0 Å². The van der Waals surface area contributed by atoms with E-state index in [9.17, 15) is 4.79 Å². The Morgan fingerprint density at radius 1 is 1.35 bits per heavy atom. The van der Waals surface area contributed by atoms with Gasteiger partial charge in [-0.05, 0) is 30.3 Å². The number of halogens is 1. The molecule has 2 aromatic rings. The third kappa shape index (κ3) is 3.48. The average molecular weight is 291 g/mol. The zero-order valence-corrected chi connectivity index (χ0v) is 11.8. The zero-order valence-electron chi connectivity index (χ0n) is 11.1. The molecule has 0 bridgehead atoms. The summed E-state index contributed by atoms with van der Waals surface area (Å²) in [6.45, 7) is 0.753. The van der Waals surface area contributed by atoms with Crippen LogP contribution in [0.1, 0.15) is 16.1 Å². The third-order valence-corrected chi connectivity index (χ3v) is 3.34. The molecule has 0 aliphatic carbocycles. The van der Waals surface area contributed by atoms with Crippen LogP contribution in [-0.4, -0.2) is 29.7 Å². The van der Waals surface area contributed by atoms with Crippen molar-refractivity contribution in [2.45, 2.75) is 6.42 Å². The number of nitrogens with zero attached hydrogens (tertiary/aromatic N) is 2. The van der Waals surface area contributed by atoms with Gasteiger partial charge in [0.15, 0.2) is 0 Å². The summed E-state index contributed by atoms with van der Waals surface area (Å²) >= 11 is 6.13. The SMILES string of the molecule is CN(CCc1ccccn1)c1ccc(C(=O)O)cc1Cl. The van der Waals surface area contributed by atoms with E-state index in [0.29, 0.717) is 5.02 Å². The van der Waals surface area contributed by atoms with Gasteiger partial charge in [-0.1, -0.05) is 17.7 Å². The second-order valence-corrected chi connectivity index (χ2v) is 4.87. The summed E-state index contributed by atoms with van der Waals surface area (Å²) in [6.07, 6.45) is 2.57. The standard InChI is InChI=1S/C15H15ClN2O2/c1-18(9-7-12-4-2-3-8-17-12)14-6-5-11(15(19)20)10-13(14)16/h2-6,8,10H,7,9H2,1H3,(H,19,20). The molecule has 0 amide bonds. The van der Waals surface area contributed by atoms with Gasteiger partial charge in [-0.15, -0.1) is 0 Å². The van der Waals surface area contributed by atoms with Crippen molar-refractivity contribution >= 4 is 23.3 Å². The Hall–Kier alpha value is -2.07. The molecule has 104 valence electrons. The molecule has 20 heavy (non-hydrogen) atoms. The molecule has 0 aliphatic heterocycles. The molecule has 1 N–H and O–H groups in total. The van der Waals surface area contributed by atoms with Crippen molar-refractivity contribution in [2.24, 2.45) is 0 Å². The van der Waals surface area contributed by atoms with E-state index in [1.165, 1.54) is 6.07 Å². The molecule has 2 rings (SSSR count). The maximum atomic E-state index is 10.9. The highest BCUT2D eigenvalue weighted by atomic mass is 35.5. The van der Waals surface area contributed by atoms with Crippen molar-refractivity contribution in [2.75, 3.05) is 18.5 Å². The molecule has 1 heterocycles. The Morgan fingerprint density at radius 3 is 2.75 bits per heavy atom. The molecule has 4 nitrogen and oxygen atoms in total. The van der Waals surface area contributed by atoms with Gasteiger partial charge in [-0.25, -0.2) is 4.79 Å². The lowest BCUT2D eigenvalue weighted by Crippen LogP contribution is -2.21. The first-order valence-corrected chi connectivity index (χ1v) is 6.59. The average Bonchev–Trinajstić information content (AvgIpc) is 2.45. The molecule has 0 radical (unpaired) electrons. The number of anilines is 1. The van der Waals surface area contributed by atoms with Gasteiger partial charge in [-0.2, -0.15) is 0 Å². The maximum absolute atomic E-state index is 10.9. The molecule has 0 spiro atoms. The van der Waals surface area contributed by atoms with Crippen molar-refractivity contribution in [1.29, 1.82) is 0 Å². The highest BCUT2D eigenvalue weighted by Crippen LogP contribution is 2.26. The molecule has 0 unspecified atom stereocenters. The molecule has 0 saturated carbocycles. The summed E-state index contributed by atoms with van der Waals surface area (Å²) in [4.78, 5) is 17.1. The van der Waals surface area contributed by atoms with Crippen LogP contribution in [0.5, 0.6) is 0 Å². The van der Waals surface area contributed by atoms with Crippen LogP contribution in [-0.2, 0) is 6.42 Å². The summed E-state index contributed by atoms with van der Waals surface area (Å²) < 4.78 is 0. The normalized spacial score (nSPS) is 10.3. The molecular weight excluding hydrogens is 276 g/mol. The van der Waals surface area contributed by atoms with Crippen LogP contribution < -0.4 is 4.90 Å². The van der Waals surface area contributed by atoms with Crippen LogP contribution in [0.25, 0.3) is 0 Å². The molecule has 1 aromatic heterocycles. The number of benzene rings is 1. The van der Waals surface area contributed by atoms with E-state index in [1.807, 2.05) is 30.1 Å². The van der Waals surface area contributed by atoms with Crippen LogP contribution in [0.4, 0.5) is 5.69 Å². The van der Waals surface area contributed by atoms with E-state index in [2.05, 4.69) is 4.98 Å². The number of hydrogen-bond donors (Lipinski definition) is 1. The minimum atomic E-state index is -0.977. The molecular formula is C15H15ClN2O2. The first kappa shape index (κ1) is 14.3. The number of aromatic nitrogens is 1. The van der Waals surface area contributed by atoms with Gasteiger partial charge >= 0.3 is 5.97 Å². The van der Waals surface area contributed by atoms with Crippen molar-refractivity contribution in [3.8, 4) is 0 Å². The highest BCUT2D eigenvalue weighted by molar-refractivity contribution is 6.33. The first-order chi connectivity index (χ1) is 9.58. The van der Waals surface area contributed by atoms with Gasteiger partial charge in [0.1, 0.15) is 0 Å². The lowest BCUT2D eigenvalue weighted by atomic mass is 10.2. The predicted octanol–water partition coefficient (Wildman–Crippen LogP) is 3.11. The Balaban J connectivity index is 2.06. The van der Waals surface area contributed by atoms with Gasteiger partial charge in [-0.3, -0.25) is 4.98 Å². The Bertz CT molecular complexity index is 602. The monoisotopic (exact) mass is 290 g/mol. The largest absolute Gasteiger partial charge is 0.478 e. The number of likely N-dealkylation sites (N-methyl/N-ethyl adjacent to an activating group) is 1. The number of carbonyl (C=O) groups is 1. The smallest absolute Gasteiger partial charge is 0.335 e. The minimum Gasteiger partial charge on any atom is -0.478 e. The molecule has 0 saturated heterocycles. The summed E-state index contributed by atoms with van der Waals surface area (Å²) in [5.74, 6) is -0.977. The van der Waals surface area contributed by atoms with Crippen molar-refractivity contribution in [1.82, 2.24) is 4.98 Å². The first-order valence-electron chi connectivity index (χ1n) is 6.22. The van der Waals surface area contributed by atoms with E-state index < -0.39 is 5.97 Å².